The number of aryl methyl sites for hydroxylation is 1. The normalized spacial score (nSPS) is 10.9. The van der Waals surface area contributed by atoms with Gasteiger partial charge in [0.05, 0.1) is 17.3 Å². The van der Waals surface area contributed by atoms with Gasteiger partial charge in [-0.1, -0.05) is 59.8 Å². The Morgan fingerprint density at radius 2 is 1.83 bits per heavy atom. The van der Waals surface area contributed by atoms with Crippen LogP contribution in [0.15, 0.2) is 76.4 Å². The van der Waals surface area contributed by atoms with Gasteiger partial charge in [0, 0.05) is 12.3 Å². The van der Waals surface area contributed by atoms with Crippen LogP contribution in [0.1, 0.15) is 23.1 Å². The number of methoxy groups -OCH3 is 1. The predicted octanol–water partition coefficient (Wildman–Crippen LogP) is 5.59. The van der Waals surface area contributed by atoms with Gasteiger partial charge < -0.3 is 14.8 Å². The second-order valence-electron chi connectivity index (χ2n) is 7.97. The minimum Gasteiger partial charge on any atom is -0.493 e. The fourth-order valence-electron chi connectivity index (χ4n) is 3.45. The maximum atomic E-state index is 6.06. The standard InChI is InChI=1S/C26H28BrN5O2S/c1-19-9-11-20(12-10-19)18-34-25-23(27)15-21(16-24(25)33-2)17-28-13-6-14-35-26-29-30-31-32(26)22-7-4-3-5-8-22/h3-5,7-12,15-16,28H,6,13-14,17-18H2,1-2H3. The summed E-state index contributed by atoms with van der Waals surface area (Å²) in [7, 11) is 1.66. The van der Waals surface area contributed by atoms with Crippen molar-refractivity contribution < 1.29 is 9.47 Å². The molecule has 0 radical (unpaired) electrons. The van der Waals surface area contributed by atoms with Gasteiger partial charge in [0.25, 0.3) is 0 Å². The average molecular weight is 555 g/mol. The van der Waals surface area contributed by atoms with E-state index in [4.69, 9.17) is 9.47 Å². The number of ether oxygens (including phenoxy) is 2. The Morgan fingerprint density at radius 3 is 2.60 bits per heavy atom. The monoisotopic (exact) mass is 553 g/mol. The van der Waals surface area contributed by atoms with Gasteiger partial charge in [0.1, 0.15) is 6.61 Å². The van der Waals surface area contributed by atoms with Crippen molar-refractivity contribution in [3.8, 4) is 17.2 Å². The molecule has 7 nitrogen and oxygen atoms in total. The molecule has 0 aliphatic carbocycles. The number of rotatable bonds is 12. The minimum absolute atomic E-state index is 0.484. The first-order chi connectivity index (χ1) is 17.1. The number of para-hydroxylation sites is 1. The quantitative estimate of drug-likeness (QED) is 0.181. The Balaban J connectivity index is 1.24. The summed E-state index contributed by atoms with van der Waals surface area (Å²) in [5.74, 6) is 2.34. The molecule has 9 heteroatoms. The summed E-state index contributed by atoms with van der Waals surface area (Å²) in [6, 6.07) is 22.3. The van der Waals surface area contributed by atoms with Crippen LogP contribution in [-0.4, -0.2) is 39.6 Å². The molecule has 1 aromatic heterocycles. The van der Waals surface area contributed by atoms with Crippen molar-refractivity contribution in [2.45, 2.75) is 31.7 Å². The van der Waals surface area contributed by atoms with Gasteiger partial charge >= 0.3 is 0 Å². The van der Waals surface area contributed by atoms with Crippen molar-refractivity contribution >= 4 is 27.7 Å². The highest BCUT2D eigenvalue weighted by atomic mass is 79.9. The topological polar surface area (TPSA) is 74.1 Å². The Morgan fingerprint density at radius 1 is 1.03 bits per heavy atom. The van der Waals surface area contributed by atoms with Crippen LogP contribution in [0.5, 0.6) is 11.5 Å². The van der Waals surface area contributed by atoms with Gasteiger partial charge in [0.15, 0.2) is 11.5 Å². The molecular formula is C26H28BrN5O2S. The van der Waals surface area contributed by atoms with E-state index >= 15 is 0 Å². The van der Waals surface area contributed by atoms with Crippen LogP contribution in [0, 0.1) is 6.92 Å². The molecule has 0 atom stereocenters. The summed E-state index contributed by atoms with van der Waals surface area (Å²) in [6.45, 7) is 4.18. The molecule has 0 bridgehead atoms. The maximum absolute atomic E-state index is 6.06. The number of nitrogens with one attached hydrogen (secondary N) is 1. The van der Waals surface area contributed by atoms with Gasteiger partial charge in [-0.2, -0.15) is 4.68 Å². The summed E-state index contributed by atoms with van der Waals surface area (Å²) >= 11 is 5.30. The molecule has 0 unspecified atom stereocenters. The average Bonchev–Trinajstić information content (AvgIpc) is 3.35. The number of thioether (sulfide) groups is 1. The zero-order valence-electron chi connectivity index (χ0n) is 19.8. The summed E-state index contributed by atoms with van der Waals surface area (Å²) in [5, 5.41) is 16.4. The molecule has 0 saturated heterocycles. The molecule has 0 spiro atoms. The number of nitrogens with zero attached hydrogens (tertiary/aromatic N) is 4. The number of hydrogen-bond acceptors (Lipinski definition) is 7. The number of benzene rings is 3. The maximum Gasteiger partial charge on any atom is 0.214 e. The van der Waals surface area contributed by atoms with E-state index in [0.29, 0.717) is 18.1 Å². The zero-order chi connectivity index (χ0) is 24.5. The highest BCUT2D eigenvalue weighted by Gasteiger charge is 2.12. The molecule has 0 aliphatic heterocycles. The Bertz CT molecular complexity index is 1220. The van der Waals surface area contributed by atoms with E-state index < -0.39 is 0 Å². The number of hydrogen-bond donors (Lipinski definition) is 1. The Kier molecular flexibility index (Phi) is 9.16. The smallest absolute Gasteiger partial charge is 0.214 e. The number of aromatic nitrogens is 4. The lowest BCUT2D eigenvalue weighted by atomic mass is 10.1. The van der Waals surface area contributed by atoms with Crippen molar-refractivity contribution in [3.63, 3.8) is 0 Å². The third kappa shape index (κ3) is 7.06. The van der Waals surface area contributed by atoms with Gasteiger partial charge in [0.2, 0.25) is 5.16 Å². The van der Waals surface area contributed by atoms with Gasteiger partial charge in [-0.05, 0) is 81.6 Å². The van der Waals surface area contributed by atoms with E-state index in [2.05, 4.69) is 74.0 Å². The van der Waals surface area contributed by atoms with E-state index in [0.717, 1.165) is 51.7 Å². The van der Waals surface area contributed by atoms with Crippen LogP contribution in [0.4, 0.5) is 0 Å². The second-order valence-corrected chi connectivity index (χ2v) is 9.89. The van der Waals surface area contributed by atoms with E-state index in [-0.39, 0.29) is 0 Å². The predicted molar refractivity (Wildman–Crippen MR) is 142 cm³/mol. The van der Waals surface area contributed by atoms with Gasteiger partial charge in [-0.3, -0.25) is 0 Å². The van der Waals surface area contributed by atoms with Crippen LogP contribution in [0.2, 0.25) is 0 Å². The molecule has 0 saturated carbocycles. The minimum atomic E-state index is 0.484. The molecule has 4 aromatic rings. The molecule has 1 heterocycles. The van der Waals surface area contributed by atoms with Gasteiger partial charge in [-0.15, -0.1) is 5.10 Å². The third-order valence-corrected chi connectivity index (χ3v) is 6.89. The van der Waals surface area contributed by atoms with Crippen molar-refractivity contribution in [2.24, 2.45) is 0 Å². The molecule has 0 aliphatic rings. The molecule has 1 N–H and O–H groups in total. The lowest BCUT2D eigenvalue weighted by Gasteiger charge is -2.15. The fourth-order valence-corrected chi connectivity index (χ4v) is 4.88. The Hall–Kier alpha value is -2.88. The summed E-state index contributed by atoms with van der Waals surface area (Å²) in [4.78, 5) is 0. The van der Waals surface area contributed by atoms with E-state index in [1.54, 1.807) is 23.6 Å². The first-order valence-electron chi connectivity index (χ1n) is 11.4. The van der Waals surface area contributed by atoms with E-state index in [9.17, 15) is 0 Å². The molecule has 3 aromatic carbocycles. The third-order valence-electron chi connectivity index (χ3n) is 5.29. The van der Waals surface area contributed by atoms with Crippen LogP contribution >= 0.6 is 27.7 Å². The van der Waals surface area contributed by atoms with E-state index in [1.807, 2.05) is 36.4 Å². The Labute approximate surface area is 218 Å². The summed E-state index contributed by atoms with van der Waals surface area (Å²) < 4.78 is 14.3. The first kappa shape index (κ1) is 25.2. The van der Waals surface area contributed by atoms with Crippen LogP contribution in [0.25, 0.3) is 5.69 Å². The number of tetrazole rings is 1. The van der Waals surface area contributed by atoms with Crippen molar-refractivity contribution in [3.05, 3.63) is 87.9 Å². The summed E-state index contributed by atoms with van der Waals surface area (Å²) in [6.07, 6.45) is 0.988. The highest BCUT2D eigenvalue weighted by molar-refractivity contribution is 9.10. The molecule has 0 fully saturated rings. The molecule has 4 rings (SSSR count). The molecular weight excluding hydrogens is 526 g/mol. The lowest BCUT2D eigenvalue weighted by molar-refractivity contribution is 0.282. The molecule has 182 valence electrons. The molecule has 0 amide bonds. The SMILES string of the molecule is COc1cc(CNCCCSc2nnnn2-c2ccccc2)cc(Br)c1OCc1ccc(C)cc1. The van der Waals surface area contributed by atoms with E-state index in [1.165, 1.54) is 5.56 Å². The van der Waals surface area contributed by atoms with Crippen LogP contribution in [-0.2, 0) is 13.2 Å². The fraction of sp³-hybridized carbons (Fsp3) is 0.269. The first-order valence-corrected chi connectivity index (χ1v) is 13.1. The van der Waals surface area contributed by atoms with Gasteiger partial charge in [-0.25, -0.2) is 0 Å². The van der Waals surface area contributed by atoms with Crippen molar-refractivity contribution in [1.29, 1.82) is 0 Å². The largest absolute Gasteiger partial charge is 0.493 e. The lowest BCUT2D eigenvalue weighted by Crippen LogP contribution is -2.15. The molecule has 35 heavy (non-hydrogen) atoms. The number of halogens is 1. The highest BCUT2D eigenvalue weighted by Crippen LogP contribution is 2.37. The van der Waals surface area contributed by atoms with Crippen molar-refractivity contribution in [2.75, 3.05) is 19.4 Å². The zero-order valence-corrected chi connectivity index (χ0v) is 22.2. The second kappa shape index (κ2) is 12.7. The van der Waals surface area contributed by atoms with Crippen LogP contribution < -0.4 is 14.8 Å². The van der Waals surface area contributed by atoms with Crippen LogP contribution in [0.3, 0.4) is 0 Å². The van der Waals surface area contributed by atoms with Crippen molar-refractivity contribution in [1.82, 2.24) is 25.5 Å². The summed E-state index contributed by atoms with van der Waals surface area (Å²) in [5.41, 5.74) is 4.43.